The SMILES string of the molecule is Nc1nc2c(ncn2[C@@H]2C[C@@H](O)[C@H](CO)O2)c(=O)[nH]1. The first-order valence-electron chi connectivity index (χ1n) is 5.77. The highest BCUT2D eigenvalue weighted by Gasteiger charge is 2.35. The number of aromatic amines is 1. The molecule has 3 rings (SSSR count). The van der Waals surface area contributed by atoms with E-state index >= 15 is 0 Å². The van der Waals surface area contributed by atoms with Crippen molar-refractivity contribution in [1.29, 1.82) is 0 Å². The maximum Gasteiger partial charge on any atom is 0.280 e. The minimum Gasteiger partial charge on any atom is -0.394 e. The van der Waals surface area contributed by atoms with Crippen LogP contribution in [-0.2, 0) is 4.74 Å². The van der Waals surface area contributed by atoms with Gasteiger partial charge in [-0.3, -0.25) is 14.3 Å². The molecule has 1 aliphatic heterocycles. The summed E-state index contributed by atoms with van der Waals surface area (Å²) in [6.07, 6.45) is -0.270. The average Bonchev–Trinajstić information content (AvgIpc) is 2.92. The number of nitrogen functional groups attached to an aromatic ring is 1. The van der Waals surface area contributed by atoms with Gasteiger partial charge in [0.1, 0.15) is 12.3 Å². The molecule has 0 amide bonds. The van der Waals surface area contributed by atoms with Gasteiger partial charge in [0, 0.05) is 6.42 Å². The number of H-pyrrole nitrogens is 1. The molecule has 0 spiro atoms. The standard InChI is InChI=1S/C10H13N5O4/c11-10-13-8-7(9(18)14-10)12-3-15(8)6-1-4(17)5(2-16)19-6/h3-6,16-17H,1-2H2,(H3,11,13,14,18)/t4-,5+,6+/m1/s1. The fourth-order valence-corrected chi connectivity index (χ4v) is 2.20. The number of aliphatic hydroxyl groups is 2. The van der Waals surface area contributed by atoms with Crippen molar-refractivity contribution in [1.82, 2.24) is 19.5 Å². The minimum absolute atomic E-state index is 0.0171. The van der Waals surface area contributed by atoms with Gasteiger partial charge < -0.3 is 20.7 Å². The second-order valence-corrected chi connectivity index (χ2v) is 4.39. The number of rotatable bonds is 2. The van der Waals surface area contributed by atoms with Gasteiger partial charge in [0.05, 0.1) is 19.0 Å². The second-order valence-electron chi connectivity index (χ2n) is 4.39. The molecule has 3 heterocycles. The van der Waals surface area contributed by atoms with Crippen LogP contribution in [0.4, 0.5) is 5.95 Å². The molecule has 19 heavy (non-hydrogen) atoms. The van der Waals surface area contributed by atoms with E-state index in [1.807, 2.05) is 0 Å². The topological polar surface area (TPSA) is 139 Å². The van der Waals surface area contributed by atoms with E-state index in [0.717, 1.165) is 0 Å². The second kappa shape index (κ2) is 4.30. The lowest BCUT2D eigenvalue weighted by Gasteiger charge is -2.13. The van der Waals surface area contributed by atoms with Crippen molar-refractivity contribution < 1.29 is 14.9 Å². The first kappa shape index (κ1) is 12.1. The number of nitrogens with zero attached hydrogens (tertiary/aromatic N) is 3. The highest BCUT2D eigenvalue weighted by Crippen LogP contribution is 2.30. The molecule has 1 fully saturated rings. The predicted octanol–water partition coefficient (Wildman–Crippen LogP) is -1.66. The molecule has 1 saturated heterocycles. The summed E-state index contributed by atoms with van der Waals surface area (Å²) in [5.41, 5.74) is 5.50. The van der Waals surface area contributed by atoms with Crippen LogP contribution in [0.25, 0.3) is 11.2 Å². The Balaban J connectivity index is 2.05. The zero-order chi connectivity index (χ0) is 13.6. The van der Waals surface area contributed by atoms with E-state index in [4.69, 9.17) is 15.6 Å². The van der Waals surface area contributed by atoms with E-state index in [9.17, 15) is 9.90 Å². The maximum absolute atomic E-state index is 11.6. The summed E-state index contributed by atoms with van der Waals surface area (Å²) in [5.74, 6) is -0.0171. The quantitative estimate of drug-likeness (QED) is 0.510. The lowest BCUT2D eigenvalue weighted by molar-refractivity contribution is -0.0432. The number of aromatic nitrogens is 4. The zero-order valence-corrected chi connectivity index (χ0v) is 9.85. The van der Waals surface area contributed by atoms with Crippen molar-refractivity contribution >= 4 is 17.1 Å². The van der Waals surface area contributed by atoms with Crippen LogP contribution in [0, 0.1) is 0 Å². The highest BCUT2D eigenvalue weighted by molar-refractivity contribution is 5.70. The Morgan fingerprint density at radius 1 is 1.63 bits per heavy atom. The van der Waals surface area contributed by atoms with Gasteiger partial charge in [0.15, 0.2) is 11.2 Å². The van der Waals surface area contributed by atoms with Crippen LogP contribution in [0.1, 0.15) is 12.6 Å². The number of anilines is 1. The summed E-state index contributed by atoms with van der Waals surface area (Å²) in [6, 6.07) is 0. The molecule has 1 aliphatic rings. The lowest BCUT2D eigenvalue weighted by Crippen LogP contribution is -2.24. The van der Waals surface area contributed by atoms with E-state index in [0.29, 0.717) is 0 Å². The van der Waals surface area contributed by atoms with Gasteiger partial charge in [0.2, 0.25) is 5.95 Å². The monoisotopic (exact) mass is 267 g/mol. The summed E-state index contributed by atoms with van der Waals surface area (Å²) in [7, 11) is 0. The molecule has 0 aliphatic carbocycles. The van der Waals surface area contributed by atoms with Gasteiger partial charge in [-0.25, -0.2) is 4.98 Å². The molecule has 5 N–H and O–H groups in total. The Bertz CT molecular complexity index is 665. The van der Waals surface area contributed by atoms with Gasteiger partial charge in [-0.15, -0.1) is 0 Å². The van der Waals surface area contributed by atoms with Crippen molar-refractivity contribution in [3.63, 3.8) is 0 Å². The smallest absolute Gasteiger partial charge is 0.280 e. The van der Waals surface area contributed by atoms with E-state index in [2.05, 4.69) is 15.0 Å². The van der Waals surface area contributed by atoms with Crippen LogP contribution in [-0.4, -0.2) is 48.5 Å². The Morgan fingerprint density at radius 2 is 2.42 bits per heavy atom. The Morgan fingerprint density at radius 3 is 3.11 bits per heavy atom. The van der Waals surface area contributed by atoms with Gasteiger partial charge in [0.25, 0.3) is 5.56 Å². The molecule has 2 aromatic rings. The van der Waals surface area contributed by atoms with Crippen molar-refractivity contribution in [2.75, 3.05) is 12.3 Å². The number of imidazole rings is 1. The fourth-order valence-electron chi connectivity index (χ4n) is 2.20. The van der Waals surface area contributed by atoms with Crippen LogP contribution in [0.5, 0.6) is 0 Å². The number of hydrogen-bond acceptors (Lipinski definition) is 7. The third-order valence-electron chi connectivity index (χ3n) is 3.15. The molecule has 102 valence electrons. The summed E-state index contributed by atoms with van der Waals surface area (Å²) < 4.78 is 7.01. The van der Waals surface area contributed by atoms with E-state index in [-0.39, 0.29) is 30.1 Å². The normalized spacial score (nSPS) is 27.2. The van der Waals surface area contributed by atoms with Crippen LogP contribution >= 0.6 is 0 Å². The van der Waals surface area contributed by atoms with Crippen LogP contribution in [0.3, 0.4) is 0 Å². The molecule has 0 radical (unpaired) electrons. The molecule has 9 nitrogen and oxygen atoms in total. The number of hydrogen-bond donors (Lipinski definition) is 4. The third-order valence-corrected chi connectivity index (χ3v) is 3.15. The maximum atomic E-state index is 11.6. The van der Waals surface area contributed by atoms with Crippen LogP contribution in [0.15, 0.2) is 11.1 Å². The molecule has 0 aromatic carbocycles. The Hall–Kier alpha value is -1.97. The van der Waals surface area contributed by atoms with Gasteiger partial charge in [-0.1, -0.05) is 0 Å². The molecule has 2 aromatic heterocycles. The van der Waals surface area contributed by atoms with Crippen molar-refractivity contribution in [3.05, 3.63) is 16.7 Å². The number of nitrogens with two attached hydrogens (primary N) is 1. The number of nitrogens with one attached hydrogen (secondary N) is 1. The molecule has 9 heteroatoms. The Kier molecular flexibility index (Phi) is 2.73. The van der Waals surface area contributed by atoms with Crippen LogP contribution < -0.4 is 11.3 Å². The molecule has 0 bridgehead atoms. The lowest BCUT2D eigenvalue weighted by atomic mass is 10.2. The predicted molar refractivity (Wildman–Crippen MR) is 64.2 cm³/mol. The number of ether oxygens (including phenoxy) is 1. The van der Waals surface area contributed by atoms with E-state index in [1.165, 1.54) is 10.9 Å². The minimum atomic E-state index is -0.771. The number of fused-ring (bicyclic) bond motifs is 1. The molecule has 0 saturated carbocycles. The first-order chi connectivity index (χ1) is 9.10. The van der Waals surface area contributed by atoms with Gasteiger partial charge in [-0.2, -0.15) is 4.98 Å². The molecular formula is C10H13N5O4. The third kappa shape index (κ3) is 1.87. The number of aliphatic hydroxyl groups excluding tert-OH is 2. The summed E-state index contributed by atoms with van der Waals surface area (Å²) in [6.45, 7) is -0.277. The summed E-state index contributed by atoms with van der Waals surface area (Å²) >= 11 is 0. The van der Waals surface area contributed by atoms with Crippen LogP contribution in [0.2, 0.25) is 0 Å². The first-order valence-corrected chi connectivity index (χ1v) is 5.77. The van der Waals surface area contributed by atoms with Gasteiger partial charge >= 0.3 is 0 Å². The Labute approximate surface area is 106 Å². The van der Waals surface area contributed by atoms with Crippen molar-refractivity contribution in [2.45, 2.75) is 24.9 Å². The van der Waals surface area contributed by atoms with Gasteiger partial charge in [-0.05, 0) is 0 Å². The van der Waals surface area contributed by atoms with E-state index in [1.54, 1.807) is 0 Å². The summed E-state index contributed by atoms with van der Waals surface area (Å²) in [4.78, 5) is 22.0. The molecule has 3 atom stereocenters. The van der Waals surface area contributed by atoms with E-state index < -0.39 is 24.0 Å². The fraction of sp³-hybridized carbons (Fsp3) is 0.500. The largest absolute Gasteiger partial charge is 0.394 e. The van der Waals surface area contributed by atoms with Crippen molar-refractivity contribution in [3.8, 4) is 0 Å². The molecular weight excluding hydrogens is 254 g/mol. The zero-order valence-electron chi connectivity index (χ0n) is 9.85. The van der Waals surface area contributed by atoms with Crippen molar-refractivity contribution in [2.24, 2.45) is 0 Å². The summed E-state index contributed by atoms with van der Waals surface area (Å²) in [5, 5.41) is 18.8. The molecule has 0 unspecified atom stereocenters. The average molecular weight is 267 g/mol. The highest BCUT2D eigenvalue weighted by atomic mass is 16.5.